The van der Waals surface area contributed by atoms with Crippen LogP contribution in [0.3, 0.4) is 0 Å². The predicted molar refractivity (Wildman–Crippen MR) is 85.8 cm³/mol. The summed E-state index contributed by atoms with van der Waals surface area (Å²) in [6, 6.07) is 14.5. The maximum atomic E-state index is 5.51. The van der Waals surface area contributed by atoms with Gasteiger partial charge in [-0.25, -0.2) is 0 Å². The summed E-state index contributed by atoms with van der Waals surface area (Å²) in [5.74, 6) is 0.821. The van der Waals surface area contributed by atoms with Crippen LogP contribution in [0.5, 0.6) is 0 Å². The highest BCUT2D eigenvalue weighted by Crippen LogP contribution is 2.32. The fourth-order valence-corrected chi connectivity index (χ4v) is 2.60. The van der Waals surface area contributed by atoms with Crippen LogP contribution in [0.2, 0.25) is 0 Å². The van der Waals surface area contributed by atoms with E-state index in [1.807, 2.05) is 18.2 Å². The third-order valence-corrected chi connectivity index (χ3v) is 3.94. The lowest BCUT2D eigenvalue weighted by molar-refractivity contribution is 0.441. The molecular formula is C17H16BrNO. The lowest BCUT2D eigenvalue weighted by Gasteiger charge is -2.18. The molecule has 20 heavy (non-hydrogen) atoms. The highest BCUT2D eigenvalue weighted by molar-refractivity contribution is 9.10. The largest absolute Gasteiger partial charge is 0.355 e. The van der Waals surface area contributed by atoms with E-state index >= 15 is 0 Å². The molecule has 0 bridgehead atoms. The number of hydrogen-bond donors (Lipinski definition) is 0. The Balaban J connectivity index is 2.09. The second-order valence-electron chi connectivity index (χ2n) is 6.00. The van der Waals surface area contributed by atoms with Crippen molar-refractivity contribution in [3.8, 4) is 11.3 Å². The first-order valence-corrected chi connectivity index (χ1v) is 7.40. The van der Waals surface area contributed by atoms with Crippen LogP contribution in [0, 0.1) is 0 Å². The first kappa shape index (κ1) is 13.4. The fourth-order valence-electron chi connectivity index (χ4n) is 2.24. The van der Waals surface area contributed by atoms with Gasteiger partial charge >= 0.3 is 0 Å². The van der Waals surface area contributed by atoms with E-state index in [4.69, 9.17) is 4.52 Å². The van der Waals surface area contributed by atoms with E-state index in [1.54, 1.807) is 0 Å². The molecule has 3 heteroatoms. The summed E-state index contributed by atoms with van der Waals surface area (Å²) >= 11 is 3.49. The molecule has 0 aliphatic carbocycles. The Morgan fingerprint density at radius 2 is 1.70 bits per heavy atom. The molecule has 1 heterocycles. The zero-order valence-corrected chi connectivity index (χ0v) is 13.4. The van der Waals surface area contributed by atoms with Crippen molar-refractivity contribution in [2.75, 3.05) is 0 Å². The summed E-state index contributed by atoms with van der Waals surface area (Å²) < 4.78 is 6.54. The Morgan fingerprint density at radius 1 is 1.00 bits per heavy atom. The molecule has 0 aliphatic rings. The Labute approximate surface area is 126 Å². The number of aromatic nitrogens is 1. The van der Waals surface area contributed by atoms with E-state index in [9.17, 15) is 0 Å². The van der Waals surface area contributed by atoms with E-state index in [-0.39, 0.29) is 5.41 Å². The molecule has 0 fully saturated rings. The minimum absolute atomic E-state index is 0.158. The molecular weight excluding hydrogens is 314 g/mol. The minimum Gasteiger partial charge on any atom is -0.355 e. The van der Waals surface area contributed by atoms with Gasteiger partial charge in [0.15, 0.2) is 5.76 Å². The minimum atomic E-state index is 0.158. The van der Waals surface area contributed by atoms with Gasteiger partial charge in [0.2, 0.25) is 0 Å². The lowest BCUT2D eigenvalue weighted by Crippen LogP contribution is -2.10. The molecule has 3 aromatic rings. The van der Waals surface area contributed by atoms with Crippen LogP contribution in [0.1, 0.15) is 26.3 Å². The molecule has 102 valence electrons. The Hall–Kier alpha value is -1.61. The smallest absolute Gasteiger partial charge is 0.174 e. The number of benzene rings is 2. The Bertz CT molecular complexity index is 751. The number of hydrogen-bond acceptors (Lipinski definition) is 2. The maximum absolute atomic E-state index is 5.51. The van der Waals surface area contributed by atoms with Crippen molar-refractivity contribution in [3.63, 3.8) is 0 Å². The third kappa shape index (κ3) is 2.38. The molecule has 0 atom stereocenters. The van der Waals surface area contributed by atoms with Crippen LogP contribution in [-0.2, 0) is 5.41 Å². The van der Waals surface area contributed by atoms with E-state index in [2.05, 4.69) is 66.1 Å². The highest BCUT2D eigenvalue weighted by Gasteiger charge is 2.15. The molecule has 0 radical (unpaired) electrons. The lowest BCUT2D eigenvalue weighted by atomic mass is 9.86. The third-order valence-electron chi connectivity index (χ3n) is 3.45. The molecule has 0 unspecified atom stereocenters. The van der Waals surface area contributed by atoms with Crippen molar-refractivity contribution in [1.82, 2.24) is 5.16 Å². The van der Waals surface area contributed by atoms with E-state index in [1.165, 1.54) is 5.56 Å². The summed E-state index contributed by atoms with van der Waals surface area (Å²) in [6.45, 7) is 6.63. The highest BCUT2D eigenvalue weighted by atomic mass is 79.9. The molecule has 0 aliphatic heterocycles. The van der Waals surface area contributed by atoms with E-state index in [0.717, 1.165) is 26.7 Å². The molecule has 2 aromatic carbocycles. The van der Waals surface area contributed by atoms with Crippen molar-refractivity contribution in [3.05, 3.63) is 52.5 Å². The number of fused-ring (bicyclic) bond motifs is 1. The first-order valence-electron chi connectivity index (χ1n) is 6.61. The zero-order chi connectivity index (χ0) is 14.3. The van der Waals surface area contributed by atoms with Gasteiger partial charge in [0.1, 0.15) is 5.52 Å². The topological polar surface area (TPSA) is 26.0 Å². The molecule has 0 N–H and O–H groups in total. The van der Waals surface area contributed by atoms with Crippen LogP contribution < -0.4 is 0 Å². The fraction of sp³-hybridized carbons (Fsp3) is 0.235. The van der Waals surface area contributed by atoms with Crippen LogP contribution >= 0.6 is 15.9 Å². The summed E-state index contributed by atoms with van der Waals surface area (Å²) in [4.78, 5) is 0. The zero-order valence-electron chi connectivity index (χ0n) is 11.8. The van der Waals surface area contributed by atoms with E-state index in [0.29, 0.717) is 0 Å². The molecule has 2 nitrogen and oxygen atoms in total. The van der Waals surface area contributed by atoms with Crippen molar-refractivity contribution < 1.29 is 4.52 Å². The van der Waals surface area contributed by atoms with Gasteiger partial charge in [-0.05, 0) is 29.2 Å². The normalized spacial score (nSPS) is 12.0. The number of rotatable bonds is 1. The first-order chi connectivity index (χ1) is 9.45. The second-order valence-corrected chi connectivity index (χ2v) is 6.92. The average Bonchev–Trinajstić information content (AvgIpc) is 2.81. The monoisotopic (exact) mass is 329 g/mol. The van der Waals surface area contributed by atoms with Crippen molar-refractivity contribution in [1.29, 1.82) is 0 Å². The van der Waals surface area contributed by atoms with Crippen molar-refractivity contribution in [2.45, 2.75) is 26.2 Å². The van der Waals surface area contributed by atoms with Gasteiger partial charge < -0.3 is 4.52 Å². The summed E-state index contributed by atoms with van der Waals surface area (Å²) in [6.07, 6.45) is 0. The molecule has 3 rings (SSSR count). The molecule has 1 aromatic heterocycles. The second kappa shape index (κ2) is 4.74. The SMILES string of the molecule is CC(C)(C)c1ccc(-c2onc3ccc(Br)cc23)cc1. The molecule has 0 saturated carbocycles. The maximum Gasteiger partial charge on any atom is 0.174 e. The van der Waals surface area contributed by atoms with E-state index < -0.39 is 0 Å². The number of halogens is 1. The van der Waals surface area contributed by atoms with Crippen LogP contribution in [0.15, 0.2) is 51.5 Å². The van der Waals surface area contributed by atoms with Gasteiger partial charge in [-0.2, -0.15) is 0 Å². The van der Waals surface area contributed by atoms with Gasteiger partial charge in [0.05, 0.1) is 5.39 Å². The van der Waals surface area contributed by atoms with Gasteiger partial charge in [-0.15, -0.1) is 0 Å². The van der Waals surface area contributed by atoms with Crippen LogP contribution in [0.4, 0.5) is 0 Å². The summed E-state index contributed by atoms with van der Waals surface area (Å²) in [5.41, 5.74) is 3.40. The van der Waals surface area contributed by atoms with Gasteiger partial charge in [-0.3, -0.25) is 0 Å². The van der Waals surface area contributed by atoms with Crippen molar-refractivity contribution >= 4 is 26.8 Å². The average molecular weight is 330 g/mol. The predicted octanol–water partition coefficient (Wildman–Crippen LogP) is 5.55. The standard InChI is InChI=1S/C17H16BrNO/c1-17(2,3)12-6-4-11(5-7-12)16-14-10-13(18)8-9-15(14)19-20-16/h4-10H,1-3H3. The summed E-state index contributed by atoms with van der Waals surface area (Å²) in [7, 11) is 0. The van der Waals surface area contributed by atoms with Gasteiger partial charge in [0.25, 0.3) is 0 Å². The Morgan fingerprint density at radius 3 is 2.35 bits per heavy atom. The van der Waals surface area contributed by atoms with Crippen LogP contribution in [0.25, 0.3) is 22.2 Å². The van der Waals surface area contributed by atoms with Gasteiger partial charge in [-0.1, -0.05) is 66.1 Å². The number of nitrogens with zero attached hydrogens (tertiary/aromatic N) is 1. The quantitative estimate of drug-likeness (QED) is 0.584. The molecule has 0 spiro atoms. The van der Waals surface area contributed by atoms with Crippen LogP contribution in [-0.4, -0.2) is 5.16 Å². The Kier molecular flexibility index (Phi) is 3.17. The summed E-state index contributed by atoms with van der Waals surface area (Å²) in [5, 5.41) is 5.14. The molecule has 0 amide bonds. The van der Waals surface area contributed by atoms with Crippen molar-refractivity contribution in [2.24, 2.45) is 0 Å². The molecule has 0 saturated heterocycles. The van der Waals surface area contributed by atoms with Gasteiger partial charge in [0, 0.05) is 10.0 Å².